The monoisotopic (exact) mass is 217 g/mol. The fraction of sp³-hybridized carbons (Fsp3) is 0.778. The average Bonchev–Trinajstić information content (AvgIpc) is 2.07. The van der Waals surface area contributed by atoms with Crippen molar-refractivity contribution in [1.29, 1.82) is 0 Å². The SMILES string of the molecule is CC(=O)CC(=O)NC1CCS(=O)CC1. The van der Waals surface area contributed by atoms with Crippen LogP contribution in [0.5, 0.6) is 0 Å². The third-order valence-electron chi connectivity index (χ3n) is 2.16. The van der Waals surface area contributed by atoms with E-state index in [0.717, 1.165) is 12.8 Å². The Bertz CT molecular complexity index is 255. The average molecular weight is 217 g/mol. The van der Waals surface area contributed by atoms with Crippen molar-refractivity contribution in [2.24, 2.45) is 0 Å². The zero-order valence-electron chi connectivity index (χ0n) is 8.25. The lowest BCUT2D eigenvalue weighted by molar-refractivity contribution is -0.127. The summed E-state index contributed by atoms with van der Waals surface area (Å²) in [4.78, 5) is 21.8. The van der Waals surface area contributed by atoms with Crippen molar-refractivity contribution < 1.29 is 13.8 Å². The number of hydrogen-bond donors (Lipinski definition) is 1. The van der Waals surface area contributed by atoms with Gasteiger partial charge in [0.2, 0.25) is 5.91 Å². The first kappa shape index (κ1) is 11.4. The Labute approximate surface area is 85.9 Å². The summed E-state index contributed by atoms with van der Waals surface area (Å²) in [6, 6.07) is 0.111. The molecular weight excluding hydrogens is 202 g/mol. The largest absolute Gasteiger partial charge is 0.353 e. The molecule has 1 aliphatic heterocycles. The molecule has 1 N–H and O–H groups in total. The van der Waals surface area contributed by atoms with Crippen LogP contribution in [0.2, 0.25) is 0 Å². The van der Waals surface area contributed by atoms with Crippen LogP contribution in [0.4, 0.5) is 0 Å². The Morgan fingerprint density at radius 3 is 2.43 bits per heavy atom. The van der Waals surface area contributed by atoms with Gasteiger partial charge in [0, 0.05) is 28.3 Å². The minimum atomic E-state index is -0.705. The molecule has 0 unspecified atom stereocenters. The zero-order valence-corrected chi connectivity index (χ0v) is 9.06. The molecule has 4 nitrogen and oxygen atoms in total. The Morgan fingerprint density at radius 2 is 1.93 bits per heavy atom. The third-order valence-corrected chi connectivity index (χ3v) is 3.54. The molecule has 14 heavy (non-hydrogen) atoms. The van der Waals surface area contributed by atoms with Crippen molar-refractivity contribution in [1.82, 2.24) is 5.32 Å². The minimum Gasteiger partial charge on any atom is -0.353 e. The second-order valence-electron chi connectivity index (χ2n) is 3.57. The highest BCUT2D eigenvalue weighted by Gasteiger charge is 2.19. The molecule has 0 spiro atoms. The van der Waals surface area contributed by atoms with Crippen LogP contribution in [0.3, 0.4) is 0 Å². The fourth-order valence-electron chi connectivity index (χ4n) is 1.44. The topological polar surface area (TPSA) is 63.2 Å². The summed E-state index contributed by atoms with van der Waals surface area (Å²) in [5.41, 5.74) is 0. The lowest BCUT2D eigenvalue weighted by Gasteiger charge is -2.22. The smallest absolute Gasteiger partial charge is 0.227 e. The molecule has 1 saturated heterocycles. The summed E-state index contributed by atoms with van der Waals surface area (Å²) in [5, 5.41) is 2.78. The first-order valence-corrected chi connectivity index (χ1v) is 6.20. The highest BCUT2D eigenvalue weighted by molar-refractivity contribution is 7.85. The van der Waals surface area contributed by atoms with Crippen molar-refractivity contribution in [3.05, 3.63) is 0 Å². The molecule has 0 radical (unpaired) electrons. The summed E-state index contributed by atoms with van der Waals surface area (Å²) in [5.74, 6) is 0.979. The summed E-state index contributed by atoms with van der Waals surface area (Å²) in [7, 11) is -0.705. The van der Waals surface area contributed by atoms with E-state index in [2.05, 4.69) is 5.32 Å². The maximum absolute atomic E-state index is 11.2. The molecule has 1 amide bonds. The molecule has 1 fully saturated rings. The summed E-state index contributed by atoms with van der Waals surface area (Å²) >= 11 is 0. The lowest BCUT2D eigenvalue weighted by Crippen LogP contribution is -2.40. The van der Waals surface area contributed by atoms with E-state index in [-0.39, 0.29) is 24.2 Å². The summed E-state index contributed by atoms with van der Waals surface area (Å²) in [6.07, 6.45) is 1.48. The fourth-order valence-corrected chi connectivity index (χ4v) is 2.74. The molecule has 0 atom stereocenters. The van der Waals surface area contributed by atoms with Gasteiger partial charge in [-0.1, -0.05) is 0 Å². The number of carbonyl (C=O) groups is 2. The molecule has 1 rings (SSSR count). The van der Waals surface area contributed by atoms with E-state index in [0.29, 0.717) is 11.5 Å². The van der Waals surface area contributed by atoms with Crippen molar-refractivity contribution in [2.45, 2.75) is 32.2 Å². The molecule has 0 aliphatic carbocycles. The number of carbonyl (C=O) groups excluding carboxylic acids is 2. The van der Waals surface area contributed by atoms with Gasteiger partial charge in [0.05, 0.1) is 6.42 Å². The van der Waals surface area contributed by atoms with Gasteiger partial charge in [-0.2, -0.15) is 0 Å². The van der Waals surface area contributed by atoms with E-state index in [1.807, 2.05) is 0 Å². The molecule has 80 valence electrons. The second-order valence-corrected chi connectivity index (χ2v) is 5.26. The van der Waals surface area contributed by atoms with Gasteiger partial charge in [-0.15, -0.1) is 0 Å². The van der Waals surface area contributed by atoms with Crippen LogP contribution in [0.1, 0.15) is 26.2 Å². The van der Waals surface area contributed by atoms with Crippen molar-refractivity contribution >= 4 is 22.5 Å². The first-order valence-electron chi connectivity index (χ1n) is 4.71. The van der Waals surface area contributed by atoms with Crippen molar-refractivity contribution in [2.75, 3.05) is 11.5 Å². The molecule has 0 aromatic rings. The molecule has 0 saturated carbocycles. The molecular formula is C9H15NO3S. The minimum absolute atomic E-state index is 0.0421. The molecule has 0 aromatic heterocycles. The number of ketones is 1. The van der Waals surface area contributed by atoms with Crippen LogP contribution in [-0.4, -0.2) is 33.4 Å². The molecule has 1 heterocycles. The van der Waals surface area contributed by atoms with Crippen LogP contribution in [0, 0.1) is 0 Å². The molecule has 5 heteroatoms. The van der Waals surface area contributed by atoms with E-state index in [1.54, 1.807) is 0 Å². The Hall–Kier alpha value is -0.710. The molecule has 0 aromatic carbocycles. The van der Waals surface area contributed by atoms with Gasteiger partial charge in [-0.25, -0.2) is 0 Å². The van der Waals surface area contributed by atoms with E-state index in [4.69, 9.17) is 0 Å². The number of nitrogens with one attached hydrogen (secondary N) is 1. The lowest BCUT2D eigenvalue weighted by atomic mass is 10.1. The maximum Gasteiger partial charge on any atom is 0.227 e. The predicted octanol–water partition coefficient (Wildman–Crippen LogP) is -0.00720. The van der Waals surface area contributed by atoms with Gasteiger partial charge in [0.15, 0.2) is 0 Å². The Morgan fingerprint density at radius 1 is 1.36 bits per heavy atom. The maximum atomic E-state index is 11.2. The normalized spacial score (nSPS) is 26.9. The standard InChI is InChI=1S/C9H15NO3S/c1-7(11)6-9(12)10-8-2-4-14(13)5-3-8/h8H,2-6H2,1H3,(H,10,12). The third kappa shape index (κ3) is 4.00. The summed E-state index contributed by atoms with van der Waals surface area (Å²) in [6.45, 7) is 1.40. The second kappa shape index (κ2) is 5.24. The van der Waals surface area contributed by atoms with Crippen LogP contribution in [-0.2, 0) is 20.4 Å². The first-order chi connectivity index (χ1) is 6.58. The highest BCUT2D eigenvalue weighted by atomic mass is 32.2. The van der Waals surface area contributed by atoms with Crippen LogP contribution < -0.4 is 5.32 Å². The van der Waals surface area contributed by atoms with E-state index in [1.165, 1.54) is 6.92 Å². The number of hydrogen-bond acceptors (Lipinski definition) is 3. The zero-order chi connectivity index (χ0) is 10.6. The van der Waals surface area contributed by atoms with Gasteiger partial charge in [-0.05, 0) is 19.8 Å². The number of rotatable bonds is 3. The quantitative estimate of drug-likeness (QED) is 0.676. The van der Waals surface area contributed by atoms with Crippen molar-refractivity contribution in [3.8, 4) is 0 Å². The Kier molecular flexibility index (Phi) is 4.25. The van der Waals surface area contributed by atoms with Gasteiger partial charge in [0.1, 0.15) is 5.78 Å². The van der Waals surface area contributed by atoms with Crippen molar-refractivity contribution in [3.63, 3.8) is 0 Å². The summed E-state index contributed by atoms with van der Waals surface area (Å²) < 4.78 is 11.0. The molecule has 0 bridgehead atoms. The van der Waals surface area contributed by atoms with E-state index in [9.17, 15) is 13.8 Å². The number of Topliss-reactive ketones (excluding diaryl/α,β-unsaturated/α-hetero) is 1. The van der Waals surface area contributed by atoms with Crippen LogP contribution >= 0.6 is 0 Å². The van der Waals surface area contributed by atoms with Gasteiger partial charge in [0.25, 0.3) is 0 Å². The van der Waals surface area contributed by atoms with Gasteiger partial charge >= 0.3 is 0 Å². The van der Waals surface area contributed by atoms with E-state index >= 15 is 0 Å². The molecule has 1 aliphatic rings. The predicted molar refractivity (Wildman–Crippen MR) is 54.3 cm³/mol. The Balaban J connectivity index is 2.27. The highest BCUT2D eigenvalue weighted by Crippen LogP contribution is 2.09. The number of amides is 1. The van der Waals surface area contributed by atoms with Crippen LogP contribution in [0.25, 0.3) is 0 Å². The van der Waals surface area contributed by atoms with Gasteiger partial charge < -0.3 is 5.32 Å². The van der Waals surface area contributed by atoms with Gasteiger partial charge in [-0.3, -0.25) is 13.8 Å². The van der Waals surface area contributed by atoms with Crippen LogP contribution in [0.15, 0.2) is 0 Å². The van der Waals surface area contributed by atoms with E-state index < -0.39 is 10.8 Å².